The number of nitrogens with two attached hydrogens (primary N) is 1. The van der Waals surface area contributed by atoms with Crippen molar-refractivity contribution in [3.63, 3.8) is 0 Å². The fourth-order valence-electron chi connectivity index (χ4n) is 1.72. The van der Waals surface area contributed by atoms with Crippen molar-refractivity contribution in [1.82, 2.24) is 4.98 Å². The zero-order valence-corrected chi connectivity index (χ0v) is 8.76. The molecule has 0 aromatic carbocycles. The summed E-state index contributed by atoms with van der Waals surface area (Å²) in [6, 6.07) is 4.50. The third-order valence-corrected chi connectivity index (χ3v) is 2.67. The minimum Gasteiger partial charge on any atom is -0.395 e. The number of aliphatic hydroxyl groups is 1. The Morgan fingerprint density at radius 3 is 2.93 bits per heavy atom. The molecule has 0 bridgehead atoms. The summed E-state index contributed by atoms with van der Waals surface area (Å²) in [6.45, 7) is 1.36. The van der Waals surface area contributed by atoms with E-state index in [4.69, 9.17) is 10.8 Å². The van der Waals surface area contributed by atoms with Crippen molar-refractivity contribution >= 4 is 5.82 Å². The molecule has 4 nitrogen and oxygen atoms in total. The maximum atomic E-state index is 9.01. The summed E-state index contributed by atoms with van der Waals surface area (Å²) in [5, 5.41) is 9.01. The molecule has 1 aromatic heterocycles. The van der Waals surface area contributed by atoms with Crippen LogP contribution in [-0.4, -0.2) is 29.3 Å². The molecule has 1 heterocycles. The molecule has 0 amide bonds. The molecule has 15 heavy (non-hydrogen) atoms. The normalized spacial score (nSPS) is 15.3. The highest BCUT2D eigenvalue weighted by Gasteiger charge is 2.29. The van der Waals surface area contributed by atoms with Crippen molar-refractivity contribution in [2.45, 2.75) is 25.4 Å². The third kappa shape index (κ3) is 2.46. The van der Waals surface area contributed by atoms with E-state index in [-0.39, 0.29) is 6.61 Å². The van der Waals surface area contributed by atoms with Crippen molar-refractivity contribution in [3.8, 4) is 0 Å². The number of anilines is 1. The van der Waals surface area contributed by atoms with Crippen LogP contribution in [-0.2, 0) is 6.54 Å². The maximum Gasteiger partial charge on any atom is 0.129 e. The first-order valence-corrected chi connectivity index (χ1v) is 5.37. The predicted molar refractivity (Wildman–Crippen MR) is 59.6 cm³/mol. The van der Waals surface area contributed by atoms with E-state index in [1.807, 2.05) is 12.1 Å². The number of rotatable bonds is 5. The van der Waals surface area contributed by atoms with Gasteiger partial charge in [0.05, 0.1) is 6.61 Å². The van der Waals surface area contributed by atoms with E-state index in [9.17, 15) is 0 Å². The fraction of sp³-hybridized carbons (Fsp3) is 0.545. The first-order chi connectivity index (χ1) is 7.35. The lowest BCUT2D eigenvalue weighted by Crippen LogP contribution is -2.29. The molecule has 0 atom stereocenters. The summed E-state index contributed by atoms with van der Waals surface area (Å²) in [5.41, 5.74) is 6.68. The van der Waals surface area contributed by atoms with E-state index in [0.717, 1.165) is 11.4 Å². The van der Waals surface area contributed by atoms with Crippen molar-refractivity contribution < 1.29 is 5.11 Å². The summed E-state index contributed by atoms with van der Waals surface area (Å²) < 4.78 is 0. The zero-order chi connectivity index (χ0) is 10.7. The largest absolute Gasteiger partial charge is 0.395 e. The SMILES string of the molecule is NCc1ccnc(N(CCO)C2CC2)c1. The summed E-state index contributed by atoms with van der Waals surface area (Å²) in [5.74, 6) is 0.939. The van der Waals surface area contributed by atoms with Crippen molar-refractivity contribution in [1.29, 1.82) is 0 Å². The second kappa shape index (κ2) is 4.59. The third-order valence-electron chi connectivity index (χ3n) is 2.67. The van der Waals surface area contributed by atoms with Gasteiger partial charge in [0.2, 0.25) is 0 Å². The number of aromatic nitrogens is 1. The number of hydrogen-bond acceptors (Lipinski definition) is 4. The maximum absolute atomic E-state index is 9.01. The van der Waals surface area contributed by atoms with Gasteiger partial charge in [-0.1, -0.05) is 0 Å². The molecule has 0 spiro atoms. The number of pyridine rings is 1. The quantitative estimate of drug-likeness (QED) is 0.738. The van der Waals surface area contributed by atoms with Crippen molar-refractivity contribution in [2.24, 2.45) is 5.73 Å². The van der Waals surface area contributed by atoms with Gasteiger partial charge in [-0.15, -0.1) is 0 Å². The Bertz CT molecular complexity index is 325. The molecule has 3 N–H and O–H groups in total. The van der Waals surface area contributed by atoms with Gasteiger partial charge in [-0.05, 0) is 30.5 Å². The standard InChI is InChI=1S/C11H17N3O/c12-8-9-3-4-13-11(7-9)14(5-6-15)10-1-2-10/h3-4,7,10,15H,1-2,5-6,8,12H2. The molecular weight excluding hydrogens is 190 g/mol. The Balaban J connectivity index is 2.16. The summed E-state index contributed by atoms with van der Waals surface area (Å²) in [4.78, 5) is 6.49. The number of aliphatic hydroxyl groups excluding tert-OH is 1. The molecule has 0 unspecified atom stereocenters. The lowest BCUT2D eigenvalue weighted by atomic mass is 10.2. The van der Waals surface area contributed by atoms with Gasteiger partial charge >= 0.3 is 0 Å². The molecule has 1 fully saturated rings. The average Bonchev–Trinajstić information content (AvgIpc) is 3.10. The first kappa shape index (κ1) is 10.4. The summed E-state index contributed by atoms with van der Waals surface area (Å²) >= 11 is 0. The van der Waals surface area contributed by atoms with E-state index >= 15 is 0 Å². The fourth-order valence-corrected chi connectivity index (χ4v) is 1.72. The Labute approximate surface area is 89.7 Å². The Kier molecular flexibility index (Phi) is 3.18. The van der Waals surface area contributed by atoms with Gasteiger partial charge in [-0.2, -0.15) is 0 Å². The molecule has 0 aliphatic heterocycles. The first-order valence-electron chi connectivity index (χ1n) is 5.37. The van der Waals surface area contributed by atoms with Gasteiger partial charge in [-0.3, -0.25) is 0 Å². The van der Waals surface area contributed by atoms with Crippen LogP contribution in [0.4, 0.5) is 5.82 Å². The van der Waals surface area contributed by atoms with Crippen LogP contribution in [0.3, 0.4) is 0 Å². The van der Waals surface area contributed by atoms with E-state index in [0.29, 0.717) is 19.1 Å². The molecule has 0 radical (unpaired) electrons. The molecule has 0 saturated heterocycles. The molecule has 4 heteroatoms. The second-order valence-corrected chi connectivity index (χ2v) is 3.87. The average molecular weight is 207 g/mol. The lowest BCUT2D eigenvalue weighted by molar-refractivity contribution is 0.301. The Hall–Kier alpha value is -1.13. The van der Waals surface area contributed by atoms with Gasteiger partial charge in [0.15, 0.2) is 0 Å². The molecule has 82 valence electrons. The highest BCUT2D eigenvalue weighted by Crippen LogP contribution is 2.30. The summed E-state index contributed by atoms with van der Waals surface area (Å²) in [7, 11) is 0. The molecule has 1 aliphatic rings. The van der Waals surface area contributed by atoms with E-state index < -0.39 is 0 Å². The van der Waals surface area contributed by atoms with Crippen LogP contribution in [0, 0.1) is 0 Å². The van der Waals surface area contributed by atoms with Crippen LogP contribution in [0.15, 0.2) is 18.3 Å². The number of nitrogens with zero attached hydrogens (tertiary/aromatic N) is 2. The zero-order valence-electron chi connectivity index (χ0n) is 8.76. The van der Waals surface area contributed by atoms with Crippen molar-refractivity contribution in [2.75, 3.05) is 18.1 Å². The number of hydrogen-bond donors (Lipinski definition) is 2. The van der Waals surface area contributed by atoms with Gasteiger partial charge < -0.3 is 15.7 Å². The van der Waals surface area contributed by atoms with Gasteiger partial charge in [0.1, 0.15) is 5.82 Å². The van der Waals surface area contributed by atoms with E-state index in [1.165, 1.54) is 12.8 Å². The van der Waals surface area contributed by atoms with Crippen LogP contribution >= 0.6 is 0 Å². The predicted octanol–water partition coefficient (Wildman–Crippen LogP) is 0.501. The van der Waals surface area contributed by atoms with Crippen LogP contribution in [0.5, 0.6) is 0 Å². The minimum absolute atomic E-state index is 0.172. The molecular formula is C11H17N3O. The van der Waals surface area contributed by atoms with Gasteiger partial charge in [0.25, 0.3) is 0 Å². The lowest BCUT2D eigenvalue weighted by Gasteiger charge is -2.22. The van der Waals surface area contributed by atoms with Crippen LogP contribution in [0.1, 0.15) is 18.4 Å². The van der Waals surface area contributed by atoms with Crippen LogP contribution in [0.25, 0.3) is 0 Å². The van der Waals surface area contributed by atoms with E-state index in [1.54, 1.807) is 6.20 Å². The van der Waals surface area contributed by atoms with Crippen LogP contribution in [0.2, 0.25) is 0 Å². The minimum atomic E-state index is 0.172. The Morgan fingerprint density at radius 1 is 1.53 bits per heavy atom. The van der Waals surface area contributed by atoms with Gasteiger partial charge in [-0.25, -0.2) is 4.98 Å². The van der Waals surface area contributed by atoms with E-state index in [2.05, 4.69) is 9.88 Å². The molecule has 1 aliphatic carbocycles. The van der Waals surface area contributed by atoms with Gasteiger partial charge in [0, 0.05) is 25.3 Å². The van der Waals surface area contributed by atoms with Crippen molar-refractivity contribution in [3.05, 3.63) is 23.9 Å². The highest BCUT2D eigenvalue weighted by atomic mass is 16.3. The topological polar surface area (TPSA) is 62.4 Å². The smallest absolute Gasteiger partial charge is 0.129 e. The molecule has 1 saturated carbocycles. The second-order valence-electron chi connectivity index (χ2n) is 3.87. The monoisotopic (exact) mass is 207 g/mol. The van der Waals surface area contributed by atoms with Crippen LogP contribution < -0.4 is 10.6 Å². The summed E-state index contributed by atoms with van der Waals surface area (Å²) in [6.07, 6.45) is 4.19. The Morgan fingerprint density at radius 2 is 2.33 bits per heavy atom. The molecule has 2 rings (SSSR count). The molecule has 1 aromatic rings. The highest BCUT2D eigenvalue weighted by molar-refractivity contribution is 5.43.